The second-order valence-corrected chi connectivity index (χ2v) is 4.06. The largest absolute Gasteiger partial charge is 0.383 e. The Labute approximate surface area is 107 Å². The average molecular weight is 246 g/mol. The number of ether oxygens (including phenoxy) is 1. The predicted molar refractivity (Wildman–Crippen MR) is 69.2 cm³/mol. The fourth-order valence-electron chi connectivity index (χ4n) is 1.68. The number of rotatable bonds is 7. The minimum atomic E-state index is 0.720. The van der Waals surface area contributed by atoms with Gasteiger partial charge in [0.15, 0.2) is 0 Å². The number of H-pyrrole nitrogens is 1. The van der Waals surface area contributed by atoms with Crippen molar-refractivity contribution in [2.24, 2.45) is 0 Å². The van der Waals surface area contributed by atoms with E-state index in [9.17, 15) is 0 Å². The number of imidazole rings is 1. The summed E-state index contributed by atoms with van der Waals surface area (Å²) >= 11 is 0. The summed E-state index contributed by atoms with van der Waals surface area (Å²) in [6.45, 7) is 2.35. The van der Waals surface area contributed by atoms with Crippen molar-refractivity contribution in [1.29, 1.82) is 0 Å². The SMILES string of the molecule is COCCNCc1cnc(Cc2ccncc2)[nH]1. The Morgan fingerprint density at radius 2 is 2.17 bits per heavy atom. The molecule has 2 aromatic heterocycles. The molecule has 0 fully saturated rings. The molecule has 0 atom stereocenters. The summed E-state index contributed by atoms with van der Waals surface area (Å²) in [7, 11) is 1.70. The highest BCUT2D eigenvalue weighted by Crippen LogP contribution is 2.05. The summed E-state index contributed by atoms with van der Waals surface area (Å²) in [5.41, 5.74) is 2.30. The molecule has 0 aliphatic heterocycles. The number of pyridine rings is 1. The van der Waals surface area contributed by atoms with Crippen LogP contribution < -0.4 is 5.32 Å². The molecule has 96 valence electrons. The molecule has 0 unspecified atom stereocenters. The van der Waals surface area contributed by atoms with E-state index < -0.39 is 0 Å². The third-order valence-corrected chi connectivity index (χ3v) is 2.60. The summed E-state index contributed by atoms with van der Waals surface area (Å²) in [4.78, 5) is 11.7. The molecule has 18 heavy (non-hydrogen) atoms. The molecule has 0 aromatic carbocycles. The number of nitrogens with zero attached hydrogens (tertiary/aromatic N) is 2. The Morgan fingerprint density at radius 1 is 1.33 bits per heavy atom. The van der Waals surface area contributed by atoms with Crippen molar-refractivity contribution in [3.8, 4) is 0 Å². The van der Waals surface area contributed by atoms with Gasteiger partial charge in [0.05, 0.1) is 6.61 Å². The third kappa shape index (κ3) is 3.94. The summed E-state index contributed by atoms with van der Waals surface area (Å²) in [5.74, 6) is 0.977. The standard InChI is InChI=1S/C13H18N4O/c1-18-7-6-15-9-12-10-16-13(17-12)8-11-2-4-14-5-3-11/h2-5,10,15H,6-9H2,1H3,(H,16,17). The maximum atomic E-state index is 4.97. The fourth-order valence-corrected chi connectivity index (χ4v) is 1.68. The zero-order chi connectivity index (χ0) is 12.6. The van der Waals surface area contributed by atoms with Crippen LogP contribution >= 0.6 is 0 Å². The van der Waals surface area contributed by atoms with Gasteiger partial charge in [-0.05, 0) is 17.7 Å². The zero-order valence-electron chi connectivity index (χ0n) is 10.5. The zero-order valence-corrected chi connectivity index (χ0v) is 10.5. The van der Waals surface area contributed by atoms with Crippen molar-refractivity contribution < 1.29 is 4.74 Å². The first-order valence-electron chi connectivity index (χ1n) is 6.00. The normalized spacial score (nSPS) is 10.7. The van der Waals surface area contributed by atoms with Crippen molar-refractivity contribution >= 4 is 0 Å². The molecule has 2 aromatic rings. The van der Waals surface area contributed by atoms with Gasteiger partial charge in [0.2, 0.25) is 0 Å². The Balaban J connectivity index is 1.83. The van der Waals surface area contributed by atoms with Crippen molar-refractivity contribution in [3.63, 3.8) is 0 Å². The van der Waals surface area contributed by atoms with Crippen LogP contribution in [0.5, 0.6) is 0 Å². The van der Waals surface area contributed by atoms with Gasteiger partial charge in [-0.2, -0.15) is 0 Å². The Hall–Kier alpha value is -1.72. The molecule has 5 heteroatoms. The highest BCUT2D eigenvalue weighted by molar-refractivity contribution is 5.16. The molecule has 5 nitrogen and oxygen atoms in total. The molecule has 0 saturated heterocycles. The number of methoxy groups -OCH3 is 1. The average Bonchev–Trinajstić information content (AvgIpc) is 2.84. The van der Waals surface area contributed by atoms with E-state index in [1.54, 1.807) is 19.5 Å². The highest BCUT2D eigenvalue weighted by Gasteiger charge is 2.01. The van der Waals surface area contributed by atoms with Gasteiger partial charge in [0, 0.05) is 50.9 Å². The Morgan fingerprint density at radius 3 is 2.94 bits per heavy atom. The van der Waals surface area contributed by atoms with E-state index in [4.69, 9.17) is 4.74 Å². The quantitative estimate of drug-likeness (QED) is 0.719. The van der Waals surface area contributed by atoms with Crippen molar-refractivity contribution in [2.75, 3.05) is 20.3 Å². The molecule has 0 bridgehead atoms. The van der Waals surface area contributed by atoms with E-state index >= 15 is 0 Å². The molecule has 0 aliphatic rings. The monoisotopic (exact) mass is 246 g/mol. The Kier molecular flexibility index (Phi) is 4.87. The van der Waals surface area contributed by atoms with E-state index in [0.717, 1.165) is 37.6 Å². The Bertz CT molecular complexity index is 455. The molecule has 2 heterocycles. The van der Waals surface area contributed by atoms with Crippen LogP contribution in [0.3, 0.4) is 0 Å². The van der Waals surface area contributed by atoms with Crippen LogP contribution in [0, 0.1) is 0 Å². The van der Waals surface area contributed by atoms with Gasteiger partial charge >= 0.3 is 0 Å². The minimum Gasteiger partial charge on any atom is -0.383 e. The molecule has 0 saturated carbocycles. The molecular weight excluding hydrogens is 228 g/mol. The van der Waals surface area contributed by atoms with Crippen LogP contribution in [0.15, 0.2) is 30.7 Å². The lowest BCUT2D eigenvalue weighted by molar-refractivity contribution is 0.199. The van der Waals surface area contributed by atoms with Gasteiger partial charge < -0.3 is 15.0 Å². The number of aromatic nitrogens is 3. The third-order valence-electron chi connectivity index (χ3n) is 2.60. The van der Waals surface area contributed by atoms with Crippen LogP contribution in [0.1, 0.15) is 17.1 Å². The summed E-state index contributed by atoms with van der Waals surface area (Å²) < 4.78 is 4.97. The van der Waals surface area contributed by atoms with Crippen molar-refractivity contribution in [1.82, 2.24) is 20.3 Å². The molecule has 2 N–H and O–H groups in total. The number of hydrogen-bond donors (Lipinski definition) is 2. The van der Waals surface area contributed by atoms with Gasteiger partial charge in [-0.25, -0.2) is 4.98 Å². The van der Waals surface area contributed by atoms with Crippen molar-refractivity contribution in [2.45, 2.75) is 13.0 Å². The number of nitrogens with one attached hydrogen (secondary N) is 2. The first kappa shape index (κ1) is 12.7. The number of hydrogen-bond acceptors (Lipinski definition) is 4. The van der Waals surface area contributed by atoms with E-state index in [2.05, 4.69) is 20.3 Å². The van der Waals surface area contributed by atoms with Gasteiger partial charge in [-0.15, -0.1) is 0 Å². The molecule has 0 spiro atoms. The minimum absolute atomic E-state index is 0.720. The molecule has 0 aliphatic carbocycles. The predicted octanol–water partition coefficient (Wildman–Crippen LogP) is 1.13. The van der Waals surface area contributed by atoms with Crippen LogP contribution in [-0.4, -0.2) is 35.2 Å². The summed E-state index contributed by atoms with van der Waals surface area (Å²) in [6, 6.07) is 4.00. The van der Waals surface area contributed by atoms with E-state index in [1.807, 2.05) is 18.3 Å². The number of aromatic amines is 1. The lowest BCUT2D eigenvalue weighted by Crippen LogP contribution is -2.18. The first-order valence-corrected chi connectivity index (χ1v) is 6.00. The second kappa shape index (κ2) is 6.88. The van der Waals surface area contributed by atoms with Gasteiger partial charge in [-0.3, -0.25) is 4.98 Å². The van der Waals surface area contributed by atoms with Crippen LogP contribution in [-0.2, 0) is 17.7 Å². The van der Waals surface area contributed by atoms with Crippen LogP contribution in [0.2, 0.25) is 0 Å². The highest BCUT2D eigenvalue weighted by atomic mass is 16.5. The van der Waals surface area contributed by atoms with Gasteiger partial charge in [-0.1, -0.05) is 0 Å². The van der Waals surface area contributed by atoms with Gasteiger partial charge in [0.1, 0.15) is 5.82 Å². The maximum Gasteiger partial charge on any atom is 0.110 e. The molecule has 2 rings (SSSR count). The van der Waals surface area contributed by atoms with Gasteiger partial charge in [0.25, 0.3) is 0 Å². The summed E-state index contributed by atoms with van der Waals surface area (Å²) in [5, 5.41) is 3.27. The second-order valence-electron chi connectivity index (χ2n) is 4.06. The van der Waals surface area contributed by atoms with E-state index in [1.165, 1.54) is 5.56 Å². The molecule has 0 amide bonds. The first-order chi connectivity index (χ1) is 8.88. The van der Waals surface area contributed by atoms with Crippen LogP contribution in [0.25, 0.3) is 0 Å². The van der Waals surface area contributed by atoms with Crippen molar-refractivity contribution in [3.05, 3.63) is 47.8 Å². The smallest absolute Gasteiger partial charge is 0.110 e. The molecule has 0 radical (unpaired) electrons. The maximum absolute atomic E-state index is 4.97. The van der Waals surface area contributed by atoms with E-state index in [0.29, 0.717) is 0 Å². The van der Waals surface area contributed by atoms with E-state index in [-0.39, 0.29) is 0 Å². The van der Waals surface area contributed by atoms with Crippen LogP contribution in [0.4, 0.5) is 0 Å². The topological polar surface area (TPSA) is 62.8 Å². The lowest BCUT2D eigenvalue weighted by Gasteiger charge is -2.01. The molecular formula is C13H18N4O. The summed E-state index contributed by atoms with van der Waals surface area (Å²) in [6.07, 6.45) is 6.27. The lowest BCUT2D eigenvalue weighted by atomic mass is 10.2. The fraction of sp³-hybridized carbons (Fsp3) is 0.385.